The summed E-state index contributed by atoms with van der Waals surface area (Å²) in [4.78, 5) is 24.9. The third kappa shape index (κ3) is 4.25. The Kier molecular flexibility index (Phi) is 7.20. The Balaban J connectivity index is 1.14. The minimum atomic E-state index is -1.26. The number of carbonyl (C=O) groups excluding carboxylic acids is 2. The number of carbonyl (C=O) groups is 2. The second kappa shape index (κ2) is 10.1. The molecule has 6 aliphatic carbocycles. The first-order chi connectivity index (χ1) is 20.9. The molecule has 1 heterocycles. The fraction of sp³-hybridized carbons (Fsp3) is 0.946. The van der Waals surface area contributed by atoms with E-state index < -0.39 is 29.9 Å². The van der Waals surface area contributed by atoms with Crippen molar-refractivity contribution in [2.75, 3.05) is 0 Å². The van der Waals surface area contributed by atoms with Gasteiger partial charge in [-0.25, -0.2) is 4.79 Å². The molecular weight excluding hydrogens is 570 g/mol. The Labute approximate surface area is 270 Å². The largest absolute Gasteiger partial charge is 0.457 e. The normalized spacial score (nSPS) is 50.4. The van der Waals surface area contributed by atoms with Gasteiger partial charge in [-0.3, -0.25) is 4.79 Å². The number of ether oxygens (including phenoxy) is 3. The number of fused-ring (bicyclic) bond motifs is 4. The van der Waals surface area contributed by atoms with Gasteiger partial charge in [-0.05, 0) is 124 Å². The molecule has 1 amide bonds. The summed E-state index contributed by atoms with van der Waals surface area (Å²) in [5.41, 5.74) is -1.27. The predicted molar refractivity (Wildman–Crippen MR) is 169 cm³/mol. The predicted octanol–water partition coefficient (Wildman–Crippen LogP) is 6.15. The smallest absolute Gasteiger partial charge is 0.407 e. The summed E-state index contributed by atoms with van der Waals surface area (Å²) in [7, 11) is 0. The number of hydrogen-bond acceptors (Lipinski definition) is 7. The van der Waals surface area contributed by atoms with Crippen molar-refractivity contribution in [2.45, 2.75) is 168 Å². The highest BCUT2D eigenvalue weighted by Crippen LogP contribution is 2.89. The van der Waals surface area contributed by atoms with E-state index in [1.54, 1.807) is 13.8 Å². The van der Waals surface area contributed by atoms with E-state index in [0.717, 1.165) is 44.9 Å². The van der Waals surface area contributed by atoms with Gasteiger partial charge in [-0.15, -0.1) is 0 Å². The lowest BCUT2D eigenvalue weighted by molar-refractivity contribution is -0.216. The van der Waals surface area contributed by atoms with Crippen LogP contribution in [0.4, 0.5) is 4.79 Å². The van der Waals surface area contributed by atoms with Crippen molar-refractivity contribution < 1.29 is 34.0 Å². The van der Waals surface area contributed by atoms with Gasteiger partial charge in [-0.2, -0.15) is 0 Å². The van der Waals surface area contributed by atoms with Crippen LogP contribution in [0.2, 0.25) is 0 Å². The van der Waals surface area contributed by atoms with Gasteiger partial charge in [-0.1, -0.05) is 34.6 Å². The van der Waals surface area contributed by atoms with E-state index in [0.29, 0.717) is 18.3 Å². The first kappa shape index (κ1) is 32.2. The monoisotopic (exact) mass is 629 g/mol. The maximum Gasteiger partial charge on any atom is 0.407 e. The zero-order valence-electron chi connectivity index (χ0n) is 29.0. The molecule has 0 aromatic rings. The first-order valence-electron chi connectivity index (χ1n) is 18.1. The Morgan fingerprint density at radius 3 is 2.27 bits per heavy atom. The zero-order chi connectivity index (χ0) is 32.5. The molecule has 254 valence electrons. The lowest BCUT2D eigenvalue weighted by atomic mass is 9.41. The number of rotatable bonds is 5. The summed E-state index contributed by atoms with van der Waals surface area (Å²) in [6, 6.07) is 0.279. The molecule has 7 rings (SSSR count). The number of esters is 1. The summed E-state index contributed by atoms with van der Waals surface area (Å²) >= 11 is 0. The van der Waals surface area contributed by atoms with E-state index >= 15 is 0 Å². The highest BCUT2D eigenvalue weighted by molar-refractivity contribution is 5.68. The van der Waals surface area contributed by atoms with Crippen LogP contribution in [0.5, 0.6) is 0 Å². The quantitative estimate of drug-likeness (QED) is 0.313. The van der Waals surface area contributed by atoms with Crippen LogP contribution in [-0.2, 0) is 19.0 Å². The molecule has 0 aromatic heterocycles. The molecule has 2 spiro atoms. The van der Waals surface area contributed by atoms with Crippen LogP contribution in [0, 0.1) is 50.7 Å². The van der Waals surface area contributed by atoms with Crippen molar-refractivity contribution in [1.29, 1.82) is 0 Å². The lowest BCUT2D eigenvalue weighted by Gasteiger charge is -2.63. The van der Waals surface area contributed by atoms with Crippen LogP contribution in [-0.4, -0.2) is 64.4 Å². The number of alkyl carbamates (subject to hydrolysis) is 1. The number of nitrogens with one attached hydrogen (secondary N) is 1. The summed E-state index contributed by atoms with van der Waals surface area (Å²) in [6.07, 6.45) is 9.11. The van der Waals surface area contributed by atoms with Gasteiger partial charge in [0.2, 0.25) is 0 Å². The summed E-state index contributed by atoms with van der Waals surface area (Å²) in [5.74, 6) is 0.935. The first-order valence-corrected chi connectivity index (χ1v) is 18.1. The highest BCUT2D eigenvalue weighted by Gasteiger charge is 2.84. The molecule has 0 aromatic carbocycles. The second-order valence-corrected chi connectivity index (χ2v) is 18.4. The Morgan fingerprint density at radius 2 is 1.64 bits per heavy atom. The zero-order valence-corrected chi connectivity index (χ0v) is 29.0. The van der Waals surface area contributed by atoms with Crippen LogP contribution in [0.25, 0.3) is 0 Å². The van der Waals surface area contributed by atoms with Crippen molar-refractivity contribution in [1.82, 2.24) is 5.32 Å². The van der Waals surface area contributed by atoms with Crippen molar-refractivity contribution in [3.63, 3.8) is 0 Å². The maximum atomic E-state index is 12.8. The Morgan fingerprint density at radius 1 is 0.978 bits per heavy atom. The molecule has 0 radical (unpaired) electrons. The van der Waals surface area contributed by atoms with E-state index in [1.165, 1.54) is 26.2 Å². The molecule has 8 heteroatoms. The molecule has 1 saturated heterocycles. The van der Waals surface area contributed by atoms with Crippen molar-refractivity contribution in [2.24, 2.45) is 50.7 Å². The average molecular weight is 630 g/mol. The molecule has 1 aliphatic heterocycles. The Bertz CT molecular complexity index is 1230. The third-order valence-electron chi connectivity index (χ3n) is 15.8. The fourth-order valence-corrected chi connectivity index (χ4v) is 13.5. The van der Waals surface area contributed by atoms with Crippen molar-refractivity contribution >= 4 is 12.1 Å². The van der Waals surface area contributed by atoms with Gasteiger partial charge in [0.15, 0.2) is 6.10 Å². The van der Waals surface area contributed by atoms with Gasteiger partial charge in [0.25, 0.3) is 0 Å². The van der Waals surface area contributed by atoms with Crippen LogP contribution < -0.4 is 5.32 Å². The van der Waals surface area contributed by atoms with E-state index in [1.807, 2.05) is 0 Å². The lowest BCUT2D eigenvalue weighted by Crippen LogP contribution is -2.60. The van der Waals surface area contributed by atoms with Gasteiger partial charge >= 0.3 is 12.1 Å². The minimum absolute atomic E-state index is 0.0705. The van der Waals surface area contributed by atoms with Crippen LogP contribution in [0.15, 0.2) is 0 Å². The van der Waals surface area contributed by atoms with Gasteiger partial charge in [0.1, 0.15) is 6.10 Å². The topological polar surface area (TPSA) is 114 Å². The minimum Gasteiger partial charge on any atom is -0.457 e. The van der Waals surface area contributed by atoms with Crippen molar-refractivity contribution in [3.05, 3.63) is 0 Å². The number of aliphatic hydroxyl groups excluding tert-OH is 1. The summed E-state index contributed by atoms with van der Waals surface area (Å²) in [5, 5.41) is 26.6. The van der Waals surface area contributed by atoms with E-state index in [2.05, 4.69) is 39.9 Å². The number of hydrogen-bond donors (Lipinski definition) is 3. The molecule has 13 atom stereocenters. The number of amides is 1. The van der Waals surface area contributed by atoms with E-state index in [4.69, 9.17) is 14.2 Å². The van der Waals surface area contributed by atoms with Crippen molar-refractivity contribution in [3.8, 4) is 0 Å². The molecule has 3 N–H and O–H groups in total. The molecule has 7 fully saturated rings. The molecule has 6 saturated carbocycles. The fourth-order valence-electron chi connectivity index (χ4n) is 13.5. The Hall–Kier alpha value is -1.38. The molecule has 4 unspecified atom stereocenters. The molecule has 45 heavy (non-hydrogen) atoms. The van der Waals surface area contributed by atoms with Gasteiger partial charge in [0, 0.05) is 23.8 Å². The summed E-state index contributed by atoms with van der Waals surface area (Å²) in [6.45, 7) is 16.5. The summed E-state index contributed by atoms with van der Waals surface area (Å²) < 4.78 is 18.7. The molecule has 0 bridgehead atoms. The SMILES string of the molecule is CC(=O)O[C@@H](C1C[C@@H](C)[C@H]2C(O1)[C@H](O)[C@@]1(C)C3CC[C@H]4C(C)(C)C(OC(=O)NC5CCC5)CC[C@@]45C[C@@]35CC[C@]21C)C(C)(C)O. The van der Waals surface area contributed by atoms with Crippen LogP contribution in [0.1, 0.15) is 126 Å². The van der Waals surface area contributed by atoms with Crippen LogP contribution >= 0.6 is 0 Å². The molecule has 8 nitrogen and oxygen atoms in total. The van der Waals surface area contributed by atoms with Gasteiger partial charge in [0.05, 0.1) is 23.9 Å². The van der Waals surface area contributed by atoms with Crippen LogP contribution in [0.3, 0.4) is 0 Å². The maximum absolute atomic E-state index is 12.8. The molecular formula is C37H59NO7. The second-order valence-electron chi connectivity index (χ2n) is 18.4. The van der Waals surface area contributed by atoms with E-state index in [9.17, 15) is 19.8 Å². The molecule has 7 aliphatic rings. The third-order valence-corrected chi connectivity index (χ3v) is 15.8. The average Bonchev–Trinajstić information content (AvgIpc) is 3.55. The highest BCUT2D eigenvalue weighted by atomic mass is 16.6. The number of aliphatic hydroxyl groups is 2. The standard InChI is InChI=1S/C37H59NO7/c1-20-18-23(30(33(5,6)42)43-21(2)39)44-28-27(20)34(7)16-17-37-19-36(37)15-14-26(45-31(41)38-22-10-9-11-22)32(3,4)24(36)12-13-25(37)35(34,8)29(28)40/h20,22-30,40,42H,9-19H2,1-8H3,(H,38,41)/t20-,23?,24+,25?,26?,27+,28?,29+,30+,34-,35-,36-,37+/m1/s1. The van der Waals surface area contributed by atoms with Gasteiger partial charge < -0.3 is 29.7 Å². The van der Waals surface area contributed by atoms with E-state index in [-0.39, 0.29) is 63.3 Å².